The third-order valence-corrected chi connectivity index (χ3v) is 6.75. The maximum atomic E-state index is 13.5. The van der Waals surface area contributed by atoms with Crippen LogP contribution in [0.3, 0.4) is 0 Å². The number of rotatable bonds is 4. The van der Waals surface area contributed by atoms with Crippen molar-refractivity contribution in [2.45, 2.75) is 75.5 Å². The highest BCUT2D eigenvalue weighted by Crippen LogP contribution is 2.56. The lowest BCUT2D eigenvalue weighted by Crippen LogP contribution is -2.69. The van der Waals surface area contributed by atoms with Crippen LogP contribution < -0.4 is 5.32 Å². The first-order valence-corrected chi connectivity index (χ1v) is 9.57. The van der Waals surface area contributed by atoms with Gasteiger partial charge in [-0.15, -0.1) is 0 Å². The van der Waals surface area contributed by atoms with Gasteiger partial charge in [-0.05, 0) is 30.2 Å². The van der Waals surface area contributed by atoms with Crippen LogP contribution in [-0.2, 0) is 14.5 Å². The van der Waals surface area contributed by atoms with Crippen molar-refractivity contribution in [1.29, 1.82) is 0 Å². The quantitative estimate of drug-likeness (QED) is 0.776. The van der Waals surface area contributed by atoms with Gasteiger partial charge in [0, 0.05) is 30.0 Å². The fourth-order valence-electron chi connectivity index (χ4n) is 5.33. The summed E-state index contributed by atoms with van der Waals surface area (Å²) in [4.78, 5) is 23.6. The van der Waals surface area contributed by atoms with Gasteiger partial charge >= 0.3 is 5.97 Å². The van der Waals surface area contributed by atoms with Crippen molar-refractivity contribution in [2.75, 3.05) is 7.05 Å². The van der Waals surface area contributed by atoms with E-state index in [1.54, 1.807) is 19.2 Å². The van der Waals surface area contributed by atoms with Crippen LogP contribution in [0.5, 0.6) is 0 Å². The summed E-state index contributed by atoms with van der Waals surface area (Å²) in [5.41, 5.74) is -1.36. The number of fused-ring (bicyclic) bond motifs is 1. The number of allylic oxidation sites excluding steroid dienone is 2. The molecule has 0 aromatic carbocycles. The summed E-state index contributed by atoms with van der Waals surface area (Å²) in [5.74, 6) is -3.10. The Morgan fingerprint density at radius 2 is 1.93 bits per heavy atom. The van der Waals surface area contributed by atoms with Crippen LogP contribution >= 0.6 is 0 Å². The highest BCUT2D eigenvalue weighted by Gasteiger charge is 2.63. The monoisotopic (exact) mass is 384 g/mol. The molecular formula is C19H26F2N2O4. The van der Waals surface area contributed by atoms with Crippen molar-refractivity contribution >= 4 is 5.97 Å². The second kappa shape index (κ2) is 6.25. The number of nitrogens with zero attached hydrogens (tertiary/aromatic N) is 1. The van der Waals surface area contributed by atoms with Gasteiger partial charge in [-0.25, -0.2) is 13.6 Å². The molecule has 0 radical (unpaired) electrons. The van der Waals surface area contributed by atoms with Crippen molar-refractivity contribution < 1.29 is 28.4 Å². The van der Waals surface area contributed by atoms with Crippen LogP contribution in [0.15, 0.2) is 23.5 Å². The first-order valence-electron chi connectivity index (χ1n) is 9.57. The molecule has 2 atom stereocenters. The van der Waals surface area contributed by atoms with E-state index < -0.39 is 28.9 Å². The van der Waals surface area contributed by atoms with Gasteiger partial charge in [-0.2, -0.15) is 0 Å². The Morgan fingerprint density at radius 3 is 2.52 bits per heavy atom. The van der Waals surface area contributed by atoms with Crippen molar-refractivity contribution in [2.24, 2.45) is 5.41 Å². The standard InChI is InChI=1S/C19H26F2N2O4/c1-17(13(16(24)25)6-7-14-15(17)27-23(2)26-14)18(8-4-3-5-9-18)22-12-10-19(20,21)11-12/h6-7,12,15,22H,3-5,8-11H2,1-2H3,(H,24,25). The number of carboxylic acid groups (broad SMARTS) is 1. The molecule has 4 rings (SSSR count). The van der Waals surface area contributed by atoms with E-state index in [0.29, 0.717) is 18.6 Å². The van der Waals surface area contributed by atoms with Gasteiger partial charge in [0.2, 0.25) is 0 Å². The molecule has 1 heterocycles. The molecule has 1 saturated heterocycles. The number of aliphatic carboxylic acids is 1. The average molecular weight is 384 g/mol. The smallest absolute Gasteiger partial charge is 0.332 e. The van der Waals surface area contributed by atoms with Crippen LogP contribution in [0.2, 0.25) is 0 Å². The first kappa shape index (κ1) is 18.8. The van der Waals surface area contributed by atoms with Crippen LogP contribution in [0.1, 0.15) is 51.9 Å². The number of hydrogen-bond donors (Lipinski definition) is 2. The summed E-state index contributed by atoms with van der Waals surface area (Å²) in [6.07, 6.45) is 6.50. The van der Waals surface area contributed by atoms with Crippen LogP contribution in [0.25, 0.3) is 0 Å². The molecule has 2 saturated carbocycles. The van der Waals surface area contributed by atoms with E-state index in [9.17, 15) is 18.7 Å². The van der Waals surface area contributed by atoms with Gasteiger partial charge in [-0.3, -0.25) is 4.84 Å². The number of carbonyl (C=O) groups is 1. The average Bonchev–Trinajstić information content (AvgIpc) is 2.95. The van der Waals surface area contributed by atoms with Gasteiger partial charge in [-0.1, -0.05) is 26.2 Å². The minimum Gasteiger partial charge on any atom is -0.478 e. The first-order chi connectivity index (χ1) is 12.7. The molecule has 6 nitrogen and oxygen atoms in total. The molecule has 0 amide bonds. The second-order valence-corrected chi connectivity index (χ2v) is 8.42. The number of hydroxylamine groups is 2. The molecular weight excluding hydrogens is 358 g/mol. The SMILES string of the molecule is CN1OC2=CC=C(C(=O)O)C(C)(C3(NC4CC(F)(F)C4)CCCCC3)C2O1. The molecule has 8 heteroatoms. The minimum atomic E-state index is -2.63. The van der Waals surface area contributed by atoms with E-state index in [0.717, 1.165) is 19.3 Å². The lowest BCUT2D eigenvalue weighted by Gasteiger charge is -2.56. The molecule has 2 N–H and O–H groups in total. The van der Waals surface area contributed by atoms with E-state index in [1.165, 1.54) is 5.23 Å². The molecule has 0 aromatic rings. The number of carboxylic acids is 1. The Morgan fingerprint density at radius 1 is 1.26 bits per heavy atom. The Hall–Kier alpha value is -1.51. The normalized spacial score (nSPS) is 35.5. The number of nitrogens with one attached hydrogen (secondary N) is 1. The summed E-state index contributed by atoms with van der Waals surface area (Å²) in [7, 11) is 1.62. The number of halogens is 2. The van der Waals surface area contributed by atoms with E-state index in [2.05, 4.69) is 5.32 Å². The third-order valence-electron chi connectivity index (χ3n) is 6.75. The van der Waals surface area contributed by atoms with Gasteiger partial charge in [0.25, 0.3) is 5.92 Å². The largest absolute Gasteiger partial charge is 0.478 e. The fourth-order valence-corrected chi connectivity index (χ4v) is 5.33. The highest BCUT2D eigenvalue weighted by atomic mass is 19.3. The predicted molar refractivity (Wildman–Crippen MR) is 92.6 cm³/mol. The molecule has 0 bridgehead atoms. The maximum Gasteiger partial charge on any atom is 0.332 e. The zero-order chi connectivity index (χ0) is 19.4. The molecule has 3 fully saturated rings. The van der Waals surface area contributed by atoms with Crippen LogP contribution in [0.4, 0.5) is 8.78 Å². The van der Waals surface area contributed by atoms with Crippen LogP contribution in [0, 0.1) is 5.41 Å². The van der Waals surface area contributed by atoms with Crippen molar-refractivity contribution in [3.8, 4) is 0 Å². The van der Waals surface area contributed by atoms with Crippen molar-refractivity contribution in [1.82, 2.24) is 10.5 Å². The molecule has 4 aliphatic rings. The van der Waals surface area contributed by atoms with E-state index in [1.807, 2.05) is 6.92 Å². The molecule has 0 aromatic heterocycles. The lowest BCUT2D eigenvalue weighted by atomic mass is 9.55. The number of hydrogen-bond acceptors (Lipinski definition) is 5. The Bertz CT molecular complexity index is 694. The van der Waals surface area contributed by atoms with Crippen LogP contribution in [-0.4, -0.2) is 47.0 Å². The number of alkyl halides is 2. The van der Waals surface area contributed by atoms with Crippen molar-refractivity contribution in [3.05, 3.63) is 23.5 Å². The molecule has 1 aliphatic heterocycles. The predicted octanol–water partition coefficient (Wildman–Crippen LogP) is 3.17. The molecule has 150 valence electrons. The molecule has 0 spiro atoms. The summed E-state index contributed by atoms with van der Waals surface area (Å²) in [6.45, 7) is 1.88. The summed E-state index contributed by atoms with van der Waals surface area (Å²) in [6, 6.07) is -0.320. The molecule has 3 aliphatic carbocycles. The molecule has 27 heavy (non-hydrogen) atoms. The zero-order valence-electron chi connectivity index (χ0n) is 15.6. The lowest BCUT2D eigenvalue weighted by molar-refractivity contribution is -0.294. The van der Waals surface area contributed by atoms with Gasteiger partial charge < -0.3 is 15.3 Å². The van der Waals surface area contributed by atoms with E-state index >= 15 is 0 Å². The van der Waals surface area contributed by atoms with Gasteiger partial charge in [0.1, 0.15) is 0 Å². The van der Waals surface area contributed by atoms with E-state index in [-0.39, 0.29) is 24.5 Å². The van der Waals surface area contributed by atoms with Crippen molar-refractivity contribution in [3.63, 3.8) is 0 Å². The Labute approximate surface area is 157 Å². The summed E-state index contributed by atoms with van der Waals surface area (Å²) >= 11 is 0. The summed E-state index contributed by atoms with van der Waals surface area (Å²) < 4.78 is 26.9. The zero-order valence-corrected chi connectivity index (χ0v) is 15.6. The second-order valence-electron chi connectivity index (χ2n) is 8.42. The van der Waals surface area contributed by atoms with E-state index in [4.69, 9.17) is 9.68 Å². The van der Waals surface area contributed by atoms with Gasteiger partial charge in [0.05, 0.1) is 12.5 Å². The Balaban J connectivity index is 1.75. The summed E-state index contributed by atoms with van der Waals surface area (Å²) in [5, 5.41) is 14.7. The minimum absolute atomic E-state index is 0.207. The third kappa shape index (κ3) is 2.89. The molecule has 2 unspecified atom stereocenters. The fraction of sp³-hybridized carbons (Fsp3) is 0.737. The highest BCUT2D eigenvalue weighted by molar-refractivity contribution is 5.90. The maximum absolute atomic E-state index is 13.5. The van der Waals surface area contributed by atoms with Gasteiger partial charge in [0.15, 0.2) is 11.9 Å². The Kier molecular flexibility index (Phi) is 4.36. The topological polar surface area (TPSA) is 71.0 Å².